The third-order valence-corrected chi connectivity index (χ3v) is 4.50. The lowest BCUT2D eigenvalue weighted by atomic mass is 10.1. The van der Waals surface area contributed by atoms with Gasteiger partial charge in [-0.25, -0.2) is 0 Å². The number of nitrogens with zero attached hydrogens (tertiary/aromatic N) is 1. The number of carbonyl (C=O) groups excluding carboxylic acids is 1. The van der Waals surface area contributed by atoms with E-state index in [0.717, 1.165) is 20.9 Å². The molecule has 6 heteroatoms. The summed E-state index contributed by atoms with van der Waals surface area (Å²) in [5, 5.41) is 12.2. The number of carbonyl (C=O) groups is 1. The van der Waals surface area contributed by atoms with Crippen LogP contribution in [0, 0.1) is 11.3 Å². The Morgan fingerprint density at radius 3 is 2.65 bits per heavy atom. The SMILES string of the molecule is CCCOc1c(Br)cc(Br)cc1/C=C(\C#N)C(=O)NCc1ccccc1. The summed E-state index contributed by atoms with van der Waals surface area (Å²) in [5.74, 6) is 0.188. The normalized spacial score (nSPS) is 10.9. The van der Waals surface area contributed by atoms with Crippen molar-refractivity contribution in [2.75, 3.05) is 6.61 Å². The van der Waals surface area contributed by atoms with Gasteiger partial charge in [0.25, 0.3) is 5.91 Å². The fourth-order valence-electron chi connectivity index (χ4n) is 2.22. The first-order valence-electron chi connectivity index (χ1n) is 8.11. The monoisotopic (exact) mass is 476 g/mol. The Morgan fingerprint density at radius 1 is 1.27 bits per heavy atom. The number of ether oxygens (including phenoxy) is 1. The first-order chi connectivity index (χ1) is 12.5. The number of nitrogens with one attached hydrogen (secondary N) is 1. The average molecular weight is 478 g/mol. The Morgan fingerprint density at radius 2 is 2.00 bits per heavy atom. The topological polar surface area (TPSA) is 62.1 Å². The minimum atomic E-state index is -0.422. The van der Waals surface area contributed by atoms with Gasteiger partial charge in [-0.05, 0) is 46.1 Å². The maximum absolute atomic E-state index is 12.4. The highest BCUT2D eigenvalue weighted by molar-refractivity contribution is 9.11. The molecule has 2 aromatic rings. The molecule has 0 unspecified atom stereocenters. The summed E-state index contributed by atoms with van der Waals surface area (Å²) in [6.07, 6.45) is 2.40. The largest absolute Gasteiger partial charge is 0.492 e. The van der Waals surface area contributed by atoms with E-state index in [0.29, 0.717) is 24.5 Å². The molecule has 0 bridgehead atoms. The molecule has 2 rings (SSSR count). The van der Waals surface area contributed by atoms with Crippen molar-refractivity contribution in [2.45, 2.75) is 19.9 Å². The molecule has 2 aromatic carbocycles. The molecule has 0 saturated heterocycles. The summed E-state index contributed by atoms with van der Waals surface area (Å²) < 4.78 is 7.35. The van der Waals surface area contributed by atoms with Gasteiger partial charge in [-0.1, -0.05) is 53.2 Å². The smallest absolute Gasteiger partial charge is 0.262 e. The van der Waals surface area contributed by atoms with E-state index in [1.807, 2.05) is 55.5 Å². The fourth-order valence-corrected chi connectivity index (χ4v) is 3.59. The number of rotatable bonds is 7. The molecule has 0 aliphatic rings. The van der Waals surface area contributed by atoms with E-state index in [1.54, 1.807) is 6.08 Å². The van der Waals surface area contributed by atoms with E-state index < -0.39 is 5.91 Å². The Kier molecular flexibility index (Phi) is 7.89. The molecular weight excluding hydrogens is 460 g/mol. The summed E-state index contributed by atoms with van der Waals surface area (Å²) in [6.45, 7) is 2.92. The number of nitriles is 1. The zero-order valence-corrected chi connectivity index (χ0v) is 17.4. The van der Waals surface area contributed by atoms with Crippen molar-refractivity contribution in [3.63, 3.8) is 0 Å². The van der Waals surface area contributed by atoms with Crippen molar-refractivity contribution in [1.29, 1.82) is 5.26 Å². The first-order valence-corrected chi connectivity index (χ1v) is 9.69. The van der Waals surface area contributed by atoms with Gasteiger partial charge in [-0.2, -0.15) is 5.26 Å². The van der Waals surface area contributed by atoms with Crippen LogP contribution in [0.3, 0.4) is 0 Å². The van der Waals surface area contributed by atoms with Gasteiger partial charge in [0, 0.05) is 16.6 Å². The van der Waals surface area contributed by atoms with Crippen molar-refractivity contribution in [3.8, 4) is 11.8 Å². The van der Waals surface area contributed by atoms with Gasteiger partial charge >= 0.3 is 0 Å². The number of halogens is 2. The van der Waals surface area contributed by atoms with E-state index in [9.17, 15) is 10.1 Å². The van der Waals surface area contributed by atoms with Gasteiger partial charge in [0.05, 0.1) is 11.1 Å². The lowest BCUT2D eigenvalue weighted by Crippen LogP contribution is -2.23. The molecule has 0 heterocycles. The maximum atomic E-state index is 12.4. The highest BCUT2D eigenvalue weighted by atomic mass is 79.9. The molecule has 0 spiro atoms. The molecule has 0 saturated carbocycles. The van der Waals surface area contributed by atoms with E-state index in [-0.39, 0.29) is 5.57 Å². The van der Waals surface area contributed by atoms with Crippen LogP contribution in [0.4, 0.5) is 0 Å². The summed E-state index contributed by atoms with van der Waals surface area (Å²) >= 11 is 6.90. The number of hydrogen-bond acceptors (Lipinski definition) is 3. The molecule has 0 fully saturated rings. The van der Waals surface area contributed by atoms with Crippen LogP contribution < -0.4 is 10.1 Å². The second-order valence-corrected chi connectivity index (χ2v) is 7.26. The van der Waals surface area contributed by atoms with Crippen molar-refractivity contribution in [1.82, 2.24) is 5.32 Å². The van der Waals surface area contributed by atoms with Crippen LogP contribution in [0.1, 0.15) is 24.5 Å². The highest BCUT2D eigenvalue weighted by Crippen LogP contribution is 2.34. The van der Waals surface area contributed by atoms with Gasteiger partial charge in [0.2, 0.25) is 0 Å². The zero-order valence-electron chi connectivity index (χ0n) is 14.3. The maximum Gasteiger partial charge on any atom is 0.262 e. The van der Waals surface area contributed by atoms with Crippen LogP contribution in [0.25, 0.3) is 6.08 Å². The predicted molar refractivity (Wildman–Crippen MR) is 110 cm³/mol. The molecule has 134 valence electrons. The molecule has 0 aliphatic carbocycles. The molecule has 0 aromatic heterocycles. The molecular formula is C20H18Br2N2O2. The molecule has 1 amide bonds. The molecule has 26 heavy (non-hydrogen) atoms. The van der Waals surface area contributed by atoms with E-state index in [4.69, 9.17) is 4.74 Å². The molecule has 0 aliphatic heterocycles. The van der Waals surface area contributed by atoms with Gasteiger partial charge in [0.15, 0.2) is 0 Å². The molecule has 1 N–H and O–H groups in total. The highest BCUT2D eigenvalue weighted by Gasteiger charge is 2.13. The van der Waals surface area contributed by atoms with Crippen LogP contribution >= 0.6 is 31.9 Å². The van der Waals surface area contributed by atoms with Crippen LogP contribution in [0.5, 0.6) is 5.75 Å². The summed E-state index contributed by atoms with van der Waals surface area (Å²) in [5.41, 5.74) is 1.65. The summed E-state index contributed by atoms with van der Waals surface area (Å²) in [6, 6.07) is 15.2. The van der Waals surface area contributed by atoms with Crippen LogP contribution in [-0.2, 0) is 11.3 Å². The minimum Gasteiger partial charge on any atom is -0.492 e. The minimum absolute atomic E-state index is 0.0206. The van der Waals surface area contributed by atoms with Crippen LogP contribution in [-0.4, -0.2) is 12.5 Å². The average Bonchev–Trinajstić information content (AvgIpc) is 2.64. The Labute approximate surface area is 170 Å². The van der Waals surface area contributed by atoms with Gasteiger partial charge in [0.1, 0.15) is 17.4 Å². The Balaban J connectivity index is 2.24. The van der Waals surface area contributed by atoms with Crippen molar-refractivity contribution < 1.29 is 9.53 Å². The second-order valence-electron chi connectivity index (χ2n) is 5.49. The zero-order chi connectivity index (χ0) is 18.9. The van der Waals surface area contributed by atoms with E-state index >= 15 is 0 Å². The molecule has 4 nitrogen and oxygen atoms in total. The first kappa shape index (κ1) is 20.2. The third-order valence-electron chi connectivity index (χ3n) is 3.45. The van der Waals surface area contributed by atoms with Crippen molar-refractivity contribution in [2.24, 2.45) is 0 Å². The summed E-state index contributed by atoms with van der Waals surface area (Å²) in [4.78, 5) is 12.4. The lowest BCUT2D eigenvalue weighted by molar-refractivity contribution is -0.117. The van der Waals surface area contributed by atoms with Crippen LogP contribution in [0.15, 0.2) is 57.0 Å². The quantitative estimate of drug-likeness (QED) is 0.439. The standard InChI is InChI=1S/C20H18Br2N2O2/c1-2-8-26-19-15(10-17(21)11-18(19)22)9-16(12-23)20(25)24-13-14-6-4-3-5-7-14/h3-7,9-11H,2,8,13H2,1H3,(H,24,25)/b16-9+. The number of amides is 1. The third kappa shape index (κ3) is 5.72. The molecule has 0 atom stereocenters. The molecule has 0 radical (unpaired) electrons. The van der Waals surface area contributed by atoms with E-state index in [1.165, 1.54) is 0 Å². The predicted octanol–water partition coefficient (Wildman–Crippen LogP) is 5.22. The lowest BCUT2D eigenvalue weighted by Gasteiger charge is -2.12. The number of benzene rings is 2. The Hall–Kier alpha value is -2.10. The van der Waals surface area contributed by atoms with Crippen LogP contribution in [0.2, 0.25) is 0 Å². The van der Waals surface area contributed by atoms with Gasteiger partial charge < -0.3 is 10.1 Å². The summed E-state index contributed by atoms with van der Waals surface area (Å²) in [7, 11) is 0. The van der Waals surface area contributed by atoms with E-state index in [2.05, 4.69) is 37.2 Å². The number of hydrogen-bond donors (Lipinski definition) is 1. The fraction of sp³-hybridized carbons (Fsp3) is 0.200. The van der Waals surface area contributed by atoms with Gasteiger partial charge in [-0.3, -0.25) is 4.79 Å². The van der Waals surface area contributed by atoms with Crippen molar-refractivity contribution in [3.05, 3.63) is 68.1 Å². The van der Waals surface area contributed by atoms with Gasteiger partial charge in [-0.15, -0.1) is 0 Å². The van der Waals surface area contributed by atoms with Crippen molar-refractivity contribution >= 4 is 43.8 Å². The Bertz CT molecular complexity index is 843. The second kappa shape index (κ2) is 10.1.